The molecule has 2 aliphatic heterocycles. The van der Waals surface area contributed by atoms with Crippen LogP contribution in [-0.4, -0.2) is 61.0 Å². The number of rotatable bonds is 8. The number of benzene rings is 2. The molecule has 2 fully saturated rings. The minimum Gasteiger partial charge on any atom is -0.542 e. The van der Waals surface area contributed by atoms with Gasteiger partial charge in [0, 0.05) is 36.8 Å². The number of nitrogens with zero attached hydrogens (tertiary/aromatic N) is 2. The molecule has 9 nitrogen and oxygen atoms in total. The Morgan fingerprint density at radius 2 is 1.62 bits per heavy atom. The lowest BCUT2D eigenvalue weighted by Gasteiger charge is -2.36. The van der Waals surface area contributed by atoms with Gasteiger partial charge in [0.15, 0.2) is 0 Å². The SMILES string of the molecule is CCOc1cc(C[NH+]2CCC3(CC2)CC(=O)N(c2ccc(O)cn2)C3)cc(OCC)c1-c1ccc(F)cc1.O=C([O-])C(F)(F)F. The summed E-state index contributed by atoms with van der Waals surface area (Å²) in [6.07, 6.45) is -1.34. The van der Waals surface area contributed by atoms with Gasteiger partial charge in [-0.3, -0.25) is 9.69 Å². The van der Waals surface area contributed by atoms with Gasteiger partial charge in [-0.2, -0.15) is 13.2 Å². The number of aromatic nitrogens is 1. The Hall–Kier alpha value is -4.39. The molecule has 3 aromatic rings. The van der Waals surface area contributed by atoms with E-state index in [9.17, 15) is 27.5 Å². The van der Waals surface area contributed by atoms with Crippen molar-refractivity contribution in [3.05, 3.63) is 66.1 Å². The molecule has 0 radical (unpaired) electrons. The number of carbonyl (C=O) groups excluding carboxylic acids is 2. The van der Waals surface area contributed by atoms with Crippen LogP contribution in [-0.2, 0) is 16.1 Å². The zero-order valence-electron chi connectivity index (χ0n) is 25.0. The zero-order valence-corrected chi connectivity index (χ0v) is 25.0. The monoisotopic (exact) mass is 633 g/mol. The van der Waals surface area contributed by atoms with Crippen molar-refractivity contribution in [2.45, 2.75) is 45.8 Å². The topological polar surface area (TPSA) is 116 Å². The fourth-order valence-electron chi connectivity index (χ4n) is 5.76. The van der Waals surface area contributed by atoms with E-state index in [-0.39, 0.29) is 22.9 Å². The maximum absolute atomic E-state index is 13.6. The fraction of sp³-hybridized carbons (Fsp3) is 0.406. The molecule has 2 saturated heterocycles. The number of quaternary nitrogens is 1. The van der Waals surface area contributed by atoms with Gasteiger partial charge < -0.3 is 29.4 Å². The van der Waals surface area contributed by atoms with Crippen molar-refractivity contribution in [1.82, 2.24) is 4.98 Å². The van der Waals surface area contributed by atoms with E-state index in [1.54, 1.807) is 29.2 Å². The summed E-state index contributed by atoms with van der Waals surface area (Å²) in [6, 6.07) is 13.9. The van der Waals surface area contributed by atoms with Crippen molar-refractivity contribution >= 4 is 17.7 Å². The van der Waals surface area contributed by atoms with E-state index in [1.165, 1.54) is 23.2 Å². The van der Waals surface area contributed by atoms with E-state index in [0.717, 1.165) is 60.7 Å². The molecule has 3 heterocycles. The third-order valence-electron chi connectivity index (χ3n) is 7.89. The quantitative estimate of drug-likeness (QED) is 0.366. The molecule has 1 spiro atoms. The number of nitrogens with one attached hydrogen (secondary N) is 1. The number of hydrogen-bond acceptors (Lipinski definition) is 7. The van der Waals surface area contributed by atoms with Crippen molar-refractivity contribution in [3.8, 4) is 28.4 Å². The van der Waals surface area contributed by atoms with Gasteiger partial charge in [-0.15, -0.1) is 0 Å². The summed E-state index contributed by atoms with van der Waals surface area (Å²) in [4.78, 5) is 29.1. The number of pyridine rings is 1. The highest BCUT2D eigenvalue weighted by Crippen LogP contribution is 2.42. The van der Waals surface area contributed by atoms with Crippen molar-refractivity contribution in [2.24, 2.45) is 5.41 Å². The second-order valence-electron chi connectivity index (χ2n) is 11.1. The van der Waals surface area contributed by atoms with Gasteiger partial charge in [0.25, 0.3) is 0 Å². The first-order valence-electron chi connectivity index (χ1n) is 14.6. The van der Waals surface area contributed by atoms with Crippen molar-refractivity contribution < 1.29 is 51.7 Å². The highest BCUT2D eigenvalue weighted by Gasteiger charge is 2.47. The van der Waals surface area contributed by atoms with Gasteiger partial charge in [-0.05, 0) is 55.8 Å². The highest BCUT2D eigenvalue weighted by atomic mass is 19.4. The van der Waals surface area contributed by atoms with E-state index in [1.807, 2.05) is 13.8 Å². The van der Waals surface area contributed by atoms with E-state index < -0.39 is 12.1 Å². The highest BCUT2D eigenvalue weighted by molar-refractivity contribution is 5.95. The molecular weight excluding hydrogens is 598 g/mol. The van der Waals surface area contributed by atoms with Crippen LogP contribution in [0.4, 0.5) is 23.4 Å². The van der Waals surface area contributed by atoms with Crippen LogP contribution in [0.5, 0.6) is 17.2 Å². The first-order valence-corrected chi connectivity index (χ1v) is 14.6. The minimum absolute atomic E-state index is 0.0282. The van der Waals surface area contributed by atoms with Crippen LogP contribution in [0.25, 0.3) is 11.1 Å². The number of amides is 1. The molecule has 242 valence electrons. The molecule has 0 unspecified atom stereocenters. The molecule has 0 atom stereocenters. The predicted octanol–water partition coefficient (Wildman–Crippen LogP) is 3.29. The van der Waals surface area contributed by atoms with Crippen LogP contribution in [0, 0.1) is 11.2 Å². The second-order valence-corrected chi connectivity index (χ2v) is 11.1. The van der Waals surface area contributed by atoms with E-state index in [4.69, 9.17) is 19.4 Å². The molecule has 1 aromatic heterocycles. The Bertz CT molecular complexity index is 1450. The second kappa shape index (κ2) is 14.1. The average molecular weight is 634 g/mol. The lowest BCUT2D eigenvalue weighted by molar-refractivity contribution is -0.921. The summed E-state index contributed by atoms with van der Waals surface area (Å²) >= 11 is 0. The summed E-state index contributed by atoms with van der Waals surface area (Å²) in [6.45, 7) is 8.39. The van der Waals surface area contributed by atoms with Gasteiger partial charge in [-0.1, -0.05) is 12.1 Å². The van der Waals surface area contributed by atoms with Gasteiger partial charge in [0.05, 0.1) is 38.1 Å². The number of hydrogen-bond donors (Lipinski definition) is 2. The van der Waals surface area contributed by atoms with Gasteiger partial charge in [-0.25, -0.2) is 9.37 Å². The van der Waals surface area contributed by atoms with Gasteiger partial charge >= 0.3 is 6.18 Å². The Morgan fingerprint density at radius 1 is 1.04 bits per heavy atom. The maximum atomic E-state index is 13.6. The summed E-state index contributed by atoms with van der Waals surface area (Å²) in [5.41, 5.74) is 2.80. The van der Waals surface area contributed by atoms with Crippen LogP contribution in [0.2, 0.25) is 0 Å². The number of aromatic hydroxyl groups is 1. The summed E-state index contributed by atoms with van der Waals surface area (Å²) in [5.74, 6) is -1.000. The first-order chi connectivity index (χ1) is 21.3. The molecule has 0 saturated carbocycles. The smallest absolute Gasteiger partial charge is 0.430 e. The molecule has 1 amide bonds. The van der Waals surface area contributed by atoms with Crippen LogP contribution < -0.4 is 24.4 Å². The third kappa shape index (κ3) is 8.41. The van der Waals surface area contributed by atoms with E-state index in [0.29, 0.717) is 32.0 Å². The van der Waals surface area contributed by atoms with Crippen LogP contribution >= 0.6 is 0 Å². The van der Waals surface area contributed by atoms with Gasteiger partial charge in [0.1, 0.15) is 41.4 Å². The van der Waals surface area contributed by atoms with Crippen molar-refractivity contribution in [1.29, 1.82) is 0 Å². The molecule has 5 rings (SSSR count). The number of ether oxygens (including phenoxy) is 2. The molecule has 2 N–H and O–H groups in total. The lowest BCUT2D eigenvalue weighted by atomic mass is 9.77. The number of carbonyl (C=O) groups is 2. The summed E-state index contributed by atoms with van der Waals surface area (Å²) in [5, 5.41) is 18.3. The number of carboxylic acid groups (broad SMARTS) is 1. The van der Waals surface area contributed by atoms with Crippen molar-refractivity contribution in [3.63, 3.8) is 0 Å². The molecule has 2 aromatic carbocycles. The van der Waals surface area contributed by atoms with Crippen LogP contribution in [0.15, 0.2) is 54.7 Å². The number of piperidine rings is 1. The number of halogens is 4. The first kappa shape index (κ1) is 33.5. The predicted molar refractivity (Wildman–Crippen MR) is 154 cm³/mol. The summed E-state index contributed by atoms with van der Waals surface area (Å²) in [7, 11) is 0. The average Bonchev–Trinajstić information content (AvgIpc) is 3.31. The van der Waals surface area contributed by atoms with E-state index in [2.05, 4.69) is 17.1 Å². The molecular formula is C32H35F4N3O6. The number of anilines is 1. The van der Waals surface area contributed by atoms with E-state index >= 15 is 0 Å². The Labute approximate surface area is 258 Å². The number of aliphatic carboxylic acids is 1. The molecule has 0 aliphatic carbocycles. The minimum atomic E-state index is -5.19. The Balaban J connectivity index is 0.000000591. The molecule has 2 aliphatic rings. The number of alkyl halides is 3. The Kier molecular flexibility index (Phi) is 10.5. The maximum Gasteiger partial charge on any atom is 0.430 e. The largest absolute Gasteiger partial charge is 0.542 e. The molecule has 45 heavy (non-hydrogen) atoms. The normalized spacial score (nSPS) is 19.6. The lowest BCUT2D eigenvalue weighted by Crippen LogP contribution is -3.12. The van der Waals surface area contributed by atoms with Crippen molar-refractivity contribution in [2.75, 3.05) is 37.7 Å². The van der Waals surface area contributed by atoms with Crippen LogP contribution in [0.1, 0.15) is 38.7 Å². The third-order valence-corrected chi connectivity index (χ3v) is 7.89. The molecule has 0 bridgehead atoms. The van der Waals surface area contributed by atoms with Gasteiger partial charge in [0.2, 0.25) is 5.91 Å². The number of likely N-dealkylation sites (tertiary alicyclic amines) is 1. The number of carboxylic acids is 1. The Morgan fingerprint density at radius 3 is 2.11 bits per heavy atom. The molecule has 13 heteroatoms. The standard InChI is InChI=1S/C30H34FN3O4.C2HF3O2/c1-3-37-25-15-21(16-26(38-4-2)29(25)22-5-7-23(31)8-6-22)19-33-13-11-30(12-14-33)17-28(36)34(20-30)27-10-9-24(35)18-32-27;3-2(4,5)1(6)7/h5-10,15-16,18,35H,3-4,11-14,17,19-20H2,1-2H3;(H,6,7). The zero-order chi connectivity index (χ0) is 32.8. The van der Waals surface area contributed by atoms with Crippen LogP contribution in [0.3, 0.4) is 0 Å². The fourth-order valence-corrected chi connectivity index (χ4v) is 5.76. The summed E-state index contributed by atoms with van der Waals surface area (Å²) < 4.78 is 57.2.